The summed E-state index contributed by atoms with van der Waals surface area (Å²) in [5.74, 6) is 5.59. The molecule has 2 rings (SSSR count). The monoisotopic (exact) mass is 1040 g/mol. The van der Waals surface area contributed by atoms with Crippen LogP contribution in [0.1, 0.15) is 401 Å². The minimum Gasteiger partial charge on any atom is -0.0648 e. The summed E-state index contributed by atoms with van der Waals surface area (Å²) >= 11 is 0. The van der Waals surface area contributed by atoms with E-state index in [1.165, 1.54) is 270 Å². The molecule has 2 aliphatic carbocycles. The average Bonchev–Trinajstić information content (AvgIpc) is 4.08. The van der Waals surface area contributed by atoms with Gasteiger partial charge in [0, 0.05) is 0 Å². The number of rotatable bonds is 36. The molecule has 2 fully saturated rings. The maximum Gasteiger partial charge on any atom is -0.0277 e. The van der Waals surface area contributed by atoms with Crippen molar-refractivity contribution in [3.05, 3.63) is 0 Å². The van der Waals surface area contributed by atoms with Gasteiger partial charge >= 0.3 is 0 Å². The SMILES string of the molecule is CCC(C)(CCCCCCCCCCC(C)(C)CC(C)C(C)(C)C(C)C)C(C)(C)CCCCCCCCC(C)(C)CCC1CC1CCCCCC(C)C1CCCCCCCCC(C)(C(C)(C)C)CCCCCCC1. The minimum atomic E-state index is 0.427. The van der Waals surface area contributed by atoms with Crippen LogP contribution < -0.4 is 0 Å². The fraction of sp³-hybridized carbons (Fsp3) is 1.00. The Balaban J connectivity index is 1.51. The van der Waals surface area contributed by atoms with Gasteiger partial charge in [-0.25, -0.2) is 0 Å². The zero-order chi connectivity index (χ0) is 55.4. The quantitative estimate of drug-likeness (QED) is 0.0549. The van der Waals surface area contributed by atoms with Gasteiger partial charge in [0.2, 0.25) is 0 Å². The summed E-state index contributed by atoms with van der Waals surface area (Å²) < 4.78 is 0. The van der Waals surface area contributed by atoms with Crippen LogP contribution in [-0.2, 0) is 0 Å². The summed E-state index contributed by atoms with van der Waals surface area (Å²) in [5.41, 5.74) is 3.31. The Hall–Kier alpha value is 0. The van der Waals surface area contributed by atoms with Crippen LogP contribution in [0.2, 0.25) is 0 Å². The molecular formula is C74H146. The molecule has 0 bridgehead atoms. The van der Waals surface area contributed by atoms with Crippen molar-refractivity contribution in [1.82, 2.24) is 0 Å². The van der Waals surface area contributed by atoms with Crippen LogP contribution in [0.3, 0.4) is 0 Å². The maximum absolute atomic E-state index is 2.64. The van der Waals surface area contributed by atoms with Crippen molar-refractivity contribution in [2.45, 2.75) is 401 Å². The van der Waals surface area contributed by atoms with E-state index in [0.29, 0.717) is 37.9 Å². The molecule has 442 valence electrons. The van der Waals surface area contributed by atoms with Gasteiger partial charge in [0.25, 0.3) is 0 Å². The second-order valence-corrected chi connectivity index (χ2v) is 32.6. The largest absolute Gasteiger partial charge is 0.0648 e. The predicted molar refractivity (Wildman–Crippen MR) is 339 cm³/mol. The topological polar surface area (TPSA) is 0 Å². The van der Waals surface area contributed by atoms with Crippen molar-refractivity contribution in [1.29, 1.82) is 0 Å². The molecule has 0 heteroatoms. The first kappa shape index (κ1) is 70.1. The fourth-order valence-corrected chi connectivity index (χ4v) is 14.8. The lowest BCUT2D eigenvalue weighted by atomic mass is 9.60. The highest BCUT2D eigenvalue weighted by atomic mass is 14.4. The first-order valence-electron chi connectivity index (χ1n) is 34.7. The van der Waals surface area contributed by atoms with E-state index in [1.807, 2.05) is 0 Å². The first-order chi connectivity index (χ1) is 34.7. The van der Waals surface area contributed by atoms with Gasteiger partial charge in [0.1, 0.15) is 0 Å². The van der Waals surface area contributed by atoms with E-state index in [9.17, 15) is 0 Å². The van der Waals surface area contributed by atoms with E-state index in [-0.39, 0.29) is 0 Å². The van der Waals surface area contributed by atoms with E-state index in [0.717, 1.165) is 35.5 Å². The summed E-state index contributed by atoms with van der Waals surface area (Å²) in [6, 6.07) is 0. The Labute approximate surface area is 471 Å². The fourth-order valence-electron chi connectivity index (χ4n) is 14.8. The highest BCUT2D eigenvalue weighted by molar-refractivity contribution is 4.90. The van der Waals surface area contributed by atoms with Crippen molar-refractivity contribution in [2.24, 2.45) is 73.4 Å². The van der Waals surface area contributed by atoms with Crippen LogP contribution in [0.5, 0.6) is 0 Å². The number of unbranched alkanes of at least 4 members (excludes halogenated alkanes) is 14. The molecule has 0 saturated heterocycles. The highest BCUT2D eigenvalue weighted by Crippen LogP contribution is 2.51. The molecule has 74 heavy (non-hydrogen) atoms. The first-order valence-corrected chi connectivity index (χ1v) is 34.7. The van der Waals surface area contributed by atoms with Gasteiger partial charge < -0.3 is 0 Å². The van der Waals surface area contributed by atoms with Crippen LogP contribution in [-0.4, -0.2) is 0 Å². The molecule has 2 saturated carbocycles. The predicted octanol–water partition coefficient (Wildman–Crippen LogP) is 26.7. The molecule has 0 aromatic carbocycles. The lowest BCUT2D eigenvalue weighted by molar-refractivity contribution is 0.0570. The summed E-state index contributed by atoms with van der Waals surface area (Å²) in [6.45, 7) is 45.7. The number of hydrogen-bond donors (Lipinski definition) is 0. The van der Waals surface area contributed by atoms with E-state index < -0.39 is 0 Å². The van der Waals surface area contributed by atoms with Crippen molar-refractivity contribution >= 4 is 0 Å². The second kappa shape index (κ2) is 35.7. The van der Waals surface area contributed by atoms with Crippen molar-refractivity contribution in [3.63, 3.8) is 0 Å². The Morgan fingerprint density at radius 1 is 0.432 bits per heavy atom. The van der Waals surface area contributed by atoms with Crippen LogP contribution in [0.4, 0.5) is 0 Å². The molecule has 2 aliphatic rings. The molecule has 0 aromatic heterocycles. The summed E-state index contributed by atoms with van der Waals surface area (Å²) in [4.78, 5) is 0. The van der Waals surface area contributed by atoms with Gasteiger partial charge in [-0.3, -0.25) is 0 Å². The third kappa shape index (κ3) is 28.4. The van der Waals surface area contributed by atoms with E-state index in [4.69, 9.17) is 0 Å². The molecular weight excluding hydrogens is 889 g/mol. The third-order valence-corrected chi connectivity index (χ3v) is 23.7. The highest BCUT2D eigenvalue weighted by Gasteiger charge is 2.40. The van der Waals surface area contributed by atoms with Crippen LogP contribution >= 0.6 is 0 Å². The van der Waals surface area contributed by atoms with Crippen molar-refractivity contribution in [3.8, 4) is 0 Å². The third-order valence-electron chi connectivity index (χ3n) is 23.7. The molecule has 0 amide bonds. The standard InChI is InChI=1S/C74H146/c1-19-73(17,56-45-34-24-21-20-23-32-43-54-70(11,12)61-64(5)72(15,16)62(2)3)71(13,14)55-44-33-27-26-31-42-53-69(9,10)59-52-67-60-66(67)51-41-37-38-48-63(4)65-49-39-29-22-25-35-46-57-74(18,68(6,7)8)58-47-36-28-30-40-50-65/h62-67H,19-61H2,1-18H3. The Bertz CT molecular complexity index is 1350. The van der Waals surface area contributed by atoms with Gasteiger partial charge in [-0.15, -0.1) is 0 Å². The number of hydrogen-bond acceptors (Lipinski definition) is 0. The van der Waals surface area contributed by atoms with Crippen molar-refractivity contribution < 1.29 is 0 Å². The Morgan fingerprint density at radius 3 is 1.34 bits per heavy atom. The lowest BCUT2D eigenvalue weighted by Gasteiger charge is -2.45. The zero-order valence-corrected chi connectivity index (χ0v) is 55.4. The summed E-state index contributed by atoms with van der Waals surface area (Å²) in [6.07, 6.45) is 62.7. The van der Waals surface area contributed by atoms with Gasteiger partial charge in [0.15, 0.2) is 0 Å². The Morgan fingerprint density at radius 2 is 0.851 bits per heavy atom. The van der Waals surface area contributed by atoms with Crippen molar-refractivity contribution in [2.75, 3.05) is 0 Å². The lowest BCUT2D eigenvalue weighted by Crippen LogP contribution is -2.34. The summed E-state index contributed by atoms with van der Waals surface area (Å²) in [7, 11) is 0. The molecule has 7 unspecified atom stereocenters. The van der Waals surface area contributed by atoms with Crippen LogP contribution in [0.25, 0.3) is 0 Å². The average molecular weight is 1040 g/mol. The van der Waals surface area contributed by atoms with Gasteiger partial charge in [0.05, 0.1) is 0 Å². The molecule has 0 spiro atoms. The zero-order valence-electron chi connectivity index (χ0n) is 55.4. The van der Waals surface area contributed by atoms with E-state index in [2.05, 4.69) is 125 Å². The molecule has 0 N–H and O–H groups in total. The molecule has 7 atom stereocenters. The molecule has 0 aliphatic heterocycles. The smallest absolute Gasteiger partial charge is 0.0277 e. The molecule has 0 nitrogen and oxygen atoms in total. The van der Waals surface area contributed by atoms with Gasteiger partial charge in [-0.05, 0) is 138 Å². The molecule has 0 aromatic rings. The second-order valence-electron chi connectivity index (χ2n) is 32.6. The van der Waals surface area contributed by atoms with E-state index >= 15 is 0 Å². The molecule has 0 heterocycles. The van der Waals surface area contributed by atoms with Crippen LogP contribution in [0.15, 0.2) is 0 Å². The molecule has 0 radical (unpaired) electrons. The van der Waals surface area contributed by atoms with E-state index in [1.54, 1.807) is 6.42 Å². The normalized spacial score (nSPS) is 23.6. The maximum atomic E-state index is 2.64. The van der Waals surface area contributed by atoms with Crippen LogP contribution in [0, 0.1) is 73.4 Å². The minimum absolute atomic E-state index is 0.427. The van der Waals surface area contributed by atoms with Gasteiger partial charge in [-0.1, -0.05) is 337 Å². The summed E-state index contributed by atoms with van der Waals surface area (Å²) in [5, 5.41) is 0. The van der Waals surface area contributed by atoms with Gasteiger partial charge in [-0.2, -0.15) is 0 Å². The Kier molecular flexibility index (Phi) is 33.8.